The molecule has 0 spiro atoms. The predicted molar refractivity (Wildman–Crippen MR) is 101 cm³/mol. The lowest BCUT2D eigenvalue weighted by Crippen LogP contribution is -2.45. The Morgan fingerprint density at radius 2 is 2.12 bits per heavy atom. The monoisotopic (exact) mass is 444 g/mol. The summed E-state index contributed by atoms with van der Waals surface area (Å²) in [6.45, 7) is 1.64. The maximum Gasteiger partial charge on any atom is 0.191 e. The van der Waals surface area contributed by atoms with Crippen LogP contribution >= 0.6 is 24.0 Å². The minimum atomic E-state index is -0.0710. The Morgan fingerprint density at radius 3 is 2.83 bits per heavy atom. The first kappa shape index (κ1) is 18.3. The quantitative estimate of drug-likeness (QED) is 0.415. The van der Waals surface area contributed by atoms with Crippen LogP contribution in [0.2, 0.25) is 0 Å². The molecule has 0 fully saturated rings. The van der Waals surface area contributed by atoms with Gasteiger partial charge in [-0.1, -0.05) is 12.1 Å². The van der Waals surface area contributed by atoms with Crippen molar-refractivity contribution >= 4 is 29.9 Å². The van der Waals surface area contributed by atoms with Crippen LogP contribution in [0, 0.1) is 0 Å². The Morgan fingerprint density at radius 1 is 1.33 bits per heavy atom. The van der Waals surface area contributed by atoms with Crippen LogP contribution < -0.4 is 20.1 Å². The summed E-state index contributed by atoms with van der Waals surface area (Å²) < 4.78 is 13.4. The predicted octanol–water partition coefficient (Wildman–Crippen LogP) is 0.938. The second-order valence-electron chi connectivity index (χ2n) is 5.16. The second kappa shape index (κ2) is 8.71. The number of para-hydroxylation sites is 2. The molecule has 3 rings (SSSR count). The van der Waals surface area contributed by atoms with Crippen molar-refractivity contribution in [1.82, 2.24) is 25.4 Å². The molecule has 0 amide bonds. The van der Waals surface area contributed by atoms with E-state index >= 15 is 0 Å². The van der Waals surface area contributed by atoms with Crippen LogP contribution in [-0.2, 0) is 13.6 Å². The average molecular weight is 444 g/mol. The third-order valence-corrected chi connectivity index (χ3v) is 3.51. The fourth-order valence-corrected chi connectivity index (χ4v) is 2.22. The van der Waals surface area contributed by atoms with Crippen molar-refractivity contribution in [1.29, 1.82) is 0 Å². The van der Waals surface area contributed by atoms with Gasteiger partial charge in [0.2, 0.25) is 0 Å². The SMILES string of the molecule is CN=C(NCc1nncn1C)NCC1COc2ccccc2O1.I. The summed E-state index contributed by atoms with van der Waals surface area (Å²) in [7, 11) is 3.62. The van der Waals surface area contributed by atoms with E-state index in [2.05, 4.69) is 25.8 Å². The molecule has 1 aliphatic rings. The standard InChI is InChI=1S/C15H20N6O2.HI/c1-16-15(18-8-14-20-19-10-21(14)2)17-7-11-9-22-12-5-3-4-6-13(12)23-11;/h3-6,10-11H,7-9H2,1-2H3,(H2,16,17,18);1H. The van der Waals surface area contributed by atoms with Gasteiger partial charge < -0.3 is 24.7 Å². The zero-order valence-electron chi connectivity index (χ0n) is 13.6. The first-order valence-electron chi connectivity index (χ1n) is 7.42. The molecule has 1 unspecified atom stereocenters. The highest BCUT2D eigenvalue weighted by Gasteiger charge is 2.20. The van der Waals surface area contributed by atoms with Crippen molar-refractivity contribution in [2.24, 2.45) is 12.0 Å². The van der Waals surface area contributed by atoms with Gasteiger partial charge in [-0.05, 0) is 12.1 Å². The number of rotatable bonds is 4. The fourth-order valence-electron chi connectivity index (χ4n) is 2.22. The van der Waals surface area contributed by atoms with Gasteiger partial charge in [0.05, 0.1) is 13.1 Å². The number of nitrogens with zero attached hydrogens (tertiary/aromatic N) is 4. The lowest BCUT2D eigenvalue weighted by atomic mass is 10.2. The number of benzene rings is 1. The topological polar surface area (TPSA) is 85.6 Å². The minimum Gasteiger partial charge on any atom is -0.486 e. The summed E-state index contributed by atoms with van der Waals surface area (Å²) in [5.74, 6) is 3.07. The van der Waals surface area contributed by atoms with Crippen molar-refractivity contribution in [3.8, 4) is 11.5 Å². The first-order chi connectivity index (χ1) is 11.3. The number of aliphatic imine (C=N–C) groups is 1. The van der Waals surface area contributed by atoms with E-state index in [1.54, 1.807) is 13.4 Å². The maximum atomic E-state index is 5.90. The van der Waals surface area contributed by atoms with Crippen LogP contribution in [-0.4, -0.2) is 47.0 Å². The molecule has 1 aliphatic heterocycles. The summed E-state index contributed by atoms with van der Waals surface area (Å²) in [6.07, 6.45) is 1.59. The van der Waals surface area contributed by atoms with Crippen molar-refractivity contribution in [3.63, 3.8) is 0 Å². The highest BCUT2D eigenvalue weighted by molar-refractivity contribution is 14.0. The van der Waals surface area contributed by atoms with E-state index < -0.39 is 0 Å². The third kappa shape index (κ3) is 4.49. The van der Waals surface area contributed by atoms with Crippen LogP contribution in [0.25, 0.3) is 0 Å². The number of aromatic nitrogens is 3. The molecule has 0 radical (unpaired) electrons. The van der Waals surface area contributed by atoms with Crippen molar-refractivity contribution in [3.05, 3.63) is 36.4 Å². The van der Waals surface area contributed by atoms with Gasteiger partial charge in [-0.2, -0.15) is 0 Å². The molecule has 0 aliphatic carbocycles. The van der Waals surface area contributed by atoms with Gasteiger partial charge in [0.25, 0.3) is 0 Å². The highest BCUT2D eigenvalue weighted by Crippen LogP contribution is 2.30. The first-order valence-corrected chi connectivity index (χ1v) is 7.42. The van der Waals surface area contributed by atoms with E-state index in [0.717, 1.165) is 17.3 Å². The van der Waals surface area contributed by atoms with E-state index in [1.165, 1.54) is 0 Å². The molecule has 24 heavy (non-hydrogen) atoms. The lowest BCUT2D eigenvalue weighted by molar-refractivity contribution is 0.0936. The number of nitrogens with one attached hydrogen (secondary N) is 2. The third-order valence-electron chi connectivity index (χ3n) is 3.51. The van der Waals surface area contributed by atoms with Crippen LogP contribution in [0.5, 0.6) is 11.5 Å². The number of hydrogen-bond acceptors (Lipinski definition) is 5. The van der Waals surface area contributed by atoms with E-state index in [1.807, 2.05) is 35.9 Å². The maximum absolute atomic E-state index is 5.90. The van der Waals surface area contributed by atoms with Crippen molar-refractivity contribution < 1.29 is 9.47 Å². The number of halogens is 1. The molecule has 8 nitrogen and oxygen atoms in total. The summed E-state index contributed by atoms with van der Waals surface area (Å²) >= 11 is 0. The molecule has 0 saturated carbocycles. The molecule has 1 aromatic carbocycles. The van der Waals surface area contributed by atoms with Crippen LogP contribution in [0.4, 0.5) is 0 Å². The van der Waals surface area contributed by atoms with Crippen molar-refractivity contribution in [2.45, 2.75) is 12.6 Å². The van der Waals surface area contributed by atoms with Gasteiger partial charge in [0, 0.05) is 14.1 Å². The molecule has 2 heterocycles. The Kier molecular flexibility index (Phi) is 6.64. The number of aryl methyl sites for hydroxylation is 1. The van der Waals surface area contributed by atoms with Crippen LogP contribution in [0.1, 0.15) is 5.82 Å². The van der Waals surface area contributed by atoms with Crippen LogP contribution in [0.15, 0.2) is 35.6 Å². The molecule has 2 aromatic rings. The fraction of sp³-hybridized carbons (Fsp3) is 0.400. The van der Waals surface area contributed by atoms with Gasteiger partial charge in [-0.3, -0.25) is 4.99 Å². The van der Waals surface area contributed by atoms with E-state index in [-0.39, 0.29) is 30.1 Å². The Labute approximate surface area is 157 Å². The molecule has 9 heteroatoms. The van der Waals surface area contributed by atoms with Gasteiger partial charge in [0.15, 0.2) is 23.3 Å². The van der Waals surface area contributed by atoms with Gasteiger partial charge in [0.1, 0.15) is 19.0 Å². The minimum absolute atomic E-state index is 0. The highest BCUT2D eigenvalue weighted by atomic mass is 127. The van der Waals surface area contributed by atoms with Gasteiger partial charge >= 0.3 is 0 Å². The largest absolute Gasteiger partial charge is 0.486 e. The molecule has 2 N–H and O–H groups in total. The molecular weight excluding hydrogens is 423 g/mol. The van der Waals surface area contributed by atoms with E-state index in [9.17, 15) is 0 Å². The van der Waals surface area contributed by atoms with E-state index in [4.69, 9.17) is 9.47 Å². The molecule has 0 bridgehead atoms. The number of hydrogen-bond donors (Lipinski definition) is 2. The van der Waals surface area contributed by atoms with Crippen LogP contribution in [0.3, 0.4) is 0 Å². The van der Waals surface area contributed by atoms with Gasteiger partial charge in [-0.25, -0.2) is 0 Å². The smallest absolute Gasteiger partial charge is 0.191 e. The molecule has 1 aromatic heterocycles. The lowest BCUT2D eigenvalue weighted by Gasteiger charge is -2.27. The summed E-state index contributed by atoms with van der Waals surface area (Å²) in [5, 5.41) is 14.3. The summed E-state index contributed by atoms with van der Waals surface area (Å²) in [5.41, 5.74) is 0. The van der Waals surface area contributed by atoms with Gasteiger partial charge in [-0.15, -0.1) is 34.2 Å². The Balaban J connectivity index is 0.00000208. The molecular formula is C15H21IN6O2. The molecule has 1 atom stereocenters. The molecule has 0 saturated heterocycles. The zero-order chi connectivity index (χ0) is 16.1. The summed E-state index contributed by atoms with van der Waals surface area (Å²) in [4.78, 5) is 4.19. The number of guanidine groups is 1. The molecule has 130 valence electrons. The Hall–Kier alpha value is -2.04. The normalized spacial score (nSPS) is 16.2. The summed E-state index contributed by atoms with van der Waals surface area (Å²) in [6, 6.07) is 7.67. The zero-order valence-corrected chi connectivity index (χ0v) is 15.9. The Bertz CT molecular complexity index is 690. The second-order valence-corrected chi connectivity index (χ2v) is 5.16. The average Bonchev–Trinajstić information content (AvgIpc) is 3.00. The number of ether oxygens (including phenoxy) is 2. The van der Waals surface area contributed by atoms with Crippen molar-refractivity contribution in [2.75, 3.05) is 20.2 Å². The number of fused-ring (bicyclic) bond motifs is 1. The van der Waals surface area contributed by atoms with E-state index in [0.29, 0.717) is 25.7 Å².